The van der Waals surface area contributed by atoms with E-state index in [0.717, 1.165) is 16.6 Å². The van der Waals surface area contributed by atoms with Crippen LogP contribution in [0.25, 0.3) is 10.2 Å². The zero-order valence-electron chi connectivity index (χ0n) is 11.2. The fourth-order valence-corrected chi connectivity index (χ4v) is 3.12. The van der Waals surface area contributed by atoms with Crippen molar-refractivity contribution in [2.24, 2.45) is 0 Å². The highest BCUT2D eigenvalue weighted by Crippen LogP contribution is 2.26. The highest BCUT2D eigenvalue weighted by Gasteiger charge is 2.08. The molecule has 3 nitrogen and oxygen atoms in total. The molecule has 1 heterocycles. The number of nitrogens with zero attached hydrogens (tertiary/aromatic N) is 1. The zero-order chi connectivity index (χ0) is 14.7. The Morgan fingerprint density at radius 1 is 1.19 bits per heavy atom. The summed E-state index contributed by atoms with van der Waals surface area (Å²) in [6.45, 7) is 0.610. The van der Waals surface area contributed by atoms with Crippen molar-refractivity contribution in [2.75, 3.05) is 6.54 Å². The van der Waals surface area contributed by atoms with E-state index in [1.807, 2.05) is 24.3 Å². The Bertz CT molecular complexity index is 770. The summed E-state index contributed by atoms with van der Waals surface area (Å²) in [7, 11) is 0. The highest BCUT2D eigenvalue weighted by molar-refractivity contribution is 7.22. The van der Waals surface area contributed by atoms with E-state index >= 15 is 0 Å². The SMILES string of the molecule is O=C(NCCc1ccccc1)c1ccc2sc(Cl)nc2c1. The van der Waals surface area contributed by atoms with Gasteiger partial charge in [0.15, 0.2) is 4.47 Å². The third kappa shape index (κ3) is 3.40. The fraction of sp³-hybridized carbons (Fsp3) is 0.125. The Hall–Kier alpha value is -1.91. The summed E-state index contributed by atoms with van der Waals surface area (Å²) in [4.78, 5) is 16.3. The molecule has 0 aliphatic carbocycles. The standard InChI is InChI=1S/C16H13ClN2OS/c17-16-19-13-10-12(6-7-14(13)21-16)15(20)18-9-8-11-4-2-1-3-5-11/h1-7,10H,8-9H2,(H,18,20). The average molecular weight is 317 g/mol. The second-order valence-corrected chi connectivity index (χ2v) is 6.25. The molecule has 5 heteroatoms. The Kier molecular flexibility index (Phi) is 4.18. The molecule has 0 aliphatic heterocycles. The molecule has 1 N–H and O–H groups in total. The topological polar surface area (TPSA) is 42.0 Å². The van der Waals surface area contributed by atoms with Crippen molar-refractivity contribution in [2.45, 2.75) is 6.42 Å². The monoisotopic (exact) mass is 316 g/mol. The number of fused-ring (bicyclic) bond motifs is 1. The third-order valence-corrected chi connectivity index (χ3v) is 4.31. The van der Waals surface area contributed by atoms with Crippen molar-refractivity contribution in [1.29, 1.82) is 0 Å². The van der Waals surface area contributed by atoms with E-state index in [4.69, 9.17) is 11.6 Å². The van der Waals surface area contributed by atoms with Gasteiger partial charge in [0.25, 0.3) is 5.91 Å². The van der Waals surface area contributed by atoms with Crippen LogP contribution in [0, 0.1) is 0 Å². The van der Waals surface area contributed by atoms with Gasteiger partial charge in [-0.25, -0.2) is 4.98 Å². The van der Waals surface area contributed by atoms with Crippen LogP contribution in [0.15, 0.2) is 48.5 Å². The summed E-state index contributed by atoms with van der Waals surface area (Å²) in [5.41, 5.74) is 2.58. The maximum atomic E-state index is 12.1. The molecular weight excluding hydrogens is 304 g/mol. The molecule has 0 spiro atoms. The minimum atomic E-state index is -0.0862. The van der Waals surface area contributed by atoms with Gasteiger partial charge in [0, 0.05) is 12.1 Å². The number of amides is 1. The number of hydrogen-bond donors (Lipinski definition) is 1. The number of carbonyl (C=O) groups is 1. The van der Waals surface area contributed by atoms with Gasteiger partial charge in [-0.15, -0.1) is 11.3 Å². The predicted octanol–water partition coefficient (Wildman–Crippen LogP) is 3.92. The molecule has 3 aromatic rings. The van der Waals surface area contributed by atoms with Gasteiger partial charge in [-0.2, -0.15) is 0 Å². The molecule has 106 valence electrons. The minimum absolute atomic E-state index is 0.0862. The summed E-state index contributed by atoms with van der Waals surface area (Å²) in [5, 5.41) is 2.92. The number of carbonyl (C=O) groups excluding carboxylic acids is 1. The van der Waals surface area contributed by atoms with Crippen LogP contribution in [-0.2, 0) is 6.42 Å². The molecule has 0 atom stereocenters. The first-order valence-corrected chi connectivity index (χ1v) is 7.80. The summed E-state index contributed by atoms with van der Waals surface area (Å²) < 4.78 is 1.48. The Labute approximate surface area is 131 Å². The number of rotatable bonds is 4. The maximum absolute atomic E-state index is 12.1. The fourth-order valence-electron chi connectivity index (χ4n) is 2.11. The van der Waals surface area contributed by atoms with Crippen LogP contribution in [0.2, 0.25) is 4.47 Å². The van der Waals surface area contributed by atoms with Crippen LogP contribution in [0.4, 0.5) is 0 Å². The van der Waals surface area contributed by atoms with Gasteiger partial charge in [-0.1, -0.05) is 41.9 Å². The predicted molar refractivity (Wildman–Crippen MR) is 87.1 cm³/mol. The smallest absolute Gasteiger partial charge is 0.251 e. The molecule has 0 unspecified atom stereocenters. The van der Waals surface area contributed by atoms with Gasteiger partial charge in [-0.05, 0) is 30.2 Å². The van der Waals surface area contributed by atoms with Crippen LogP contribution in [0.1, 0.15) is 15.9 Å². The minimum Gasteiger partial charge on any atom is -0.352 e. The zero-order valence-corrected chi connectivity index (χ0v) is 12.7. The first kappa shape index (κ1) is 14.0. The Balaban J connectivity index is 1.63. The van der Waals surface area contributed by atoms with E-state index in [9.17, 15) is 4.79 Å². The number of hydrogen-bond acceptors (Lipinski definition) is 3. The molecule has 1 aromatic heterocycles. The van der Waals surface area contributed by atoms with Crippen molar-refractivity contribution in [3.8, 4) is 0 Å². The molecule has 3 rings (SSSR count). The number of nitrogens with one attached hydrogen (secondary N) is 1. The van der Waals surface area contributed by atoms with Crippen LogP contribution in [0.3, 0.4) is 0 Å². The van der Waals surface area contributed by atoms with Crippen molar-refractivity contribution in [3.63, 3.8) is 0 Å². The molecule has 2 aromatic carbocycles. The normalized spacial score (nSPS) is 10.7. The Morgan fingerprint density at radius 3 is 2.81 bits per heavy atom. The van der Waals surface area contributed by atoms with E-state index in [1.54, 1.807) is 12.1 Å². The quantitative estimate of drug-likeness (QED) is 0.792. The maximum Gasteiger partial charge on any atom is 0.251 e. The molecule has 0 bridgehead atoms. The molecular formula is C16H13ClN2OS. The number of thiazole rings is 1. The lowest BCUT2D eigenvalue weighted by Crippen LogP contribution is -2.25. The second-order valence-electron chi connectivity index (χ2n) is 4.64. The van der Waals surface area contributed by atoms with Gasteiger partial charge < -0.3 is 5.32 Å². The lowest BCUT2D eigenvalue weighted by Gasteiger charge is -2.05. The lowest BCUT2D eigenvalue weighted by molar-refractivity contribution is 0.0954. The molecule has 0 fully saturated rings. The Morgan fingerprint density at radius 2 is 2.00 bits per heavy atom. The van der Waals surface area contributed by atoms with Crippen LogP contribution < -0.4 is 5.32 Å². The molecule has 0 saturated heterocycles. The van der Waals surface area contributed by atoms with Crippen LogP contribution in [-0.4, -0.2) is 17.4 Å². The lowest BCUT2D eigenvalue weighted by atomic mass is 10.1. The van der Waals surface area contributed by atoms with Crippen molar-refractivity contribution >= 4 is 39.1 Å². The molecule has 1 amide bonds. The number of halogens is 1. The molecule has 0 saturated carbocycles. The third-order valence-electron chi connectivity index (χ3n) is 3.17. The largest absolute Gasteiger partial charge is 0.352 e. The van der Waals surface area contributed by atoms with E-state index in [1.165, 1.54) is 16.9 Å². The van der Waals surface area contributed by atoms with Crippen LogP contribution >= 0.6 is 22.9 Å². The van der Waals surface area contributed by atoms with E-state index in [-0.39, 0.29) is 5.91 Å². The van der Waals surface area contributed by atoms with Gasteiger partial charge >= 0.3 is 0 Å². The number of aromatic nitrogens is 1. The van der Waals surface area contributed by atoms with E-state index in [2.05, 4.69) is 22.4 Å². The highest BCUT2D eigenvalue weighted by atomic mass is 35.5. The second kappa shape index (κ2) is 6.24. The summed E-state index contributed by atoms with van der Waals surface area (Å²) in [6.07, 6.45) is 0.817. The van der Waals surface area contributed by atoms with Gasteiger partial charge in [-0.3, -0.25) is 4.79 Å². The van der Waals surface area contributed by atoms with Crippen LogP contribution in [0.5, 0.6) is 0 Å². The summed E-state index contributed by atoms with van der Waals surface area (Å²) in [5.74, 6) is -0.0862. The average Bonchev–Trinajstić information content (AvgIpc) is 2.87. The molecule has 0 radical (unpaired) electrons. The molecule has 0 aliphatic rings. The van der Waals surface area contributed by atoms with Gasteiger partial charge in [0.05, 0.1) is 10.2 Å². The van der Waals surface area contributed by atoms with E-state index < -0.39 is 0 Å². The number of benzene rings is 2. The summed E-state index contributed by atoms with van der Waals surface area (Å²) >= 11 is 7.28. The van der Waals surface area contributed by atoms with E-state index in [0.29, 0.717) is 16.6 Å². The van der Waals surface area contributed by atoms with Crippen molar-refractivity contribution < 1.29 is 4.79 Å². The molecule has 21 heavy (non-hydrogen) atoms. The summed E-state index contributed by atoms with van der Waals surface area (Å²) in [6, 6.07) is 15.5. The first-order valence-electron chi connectivity index (χ1n) is 6.60. The van der Waals surface area contributed by atoms with Gasteiger partial charge in [0.1, 0.15) is 0 Å². The first-order chi connectivity index (χ1) is 10.2. The van der Waals surface area contributed by atoms with Crippen molar-refractivity contribution in [3.05, 3.63) is 64.1 Å². The van der Waals surface area contributed by atoms with Crippen molar-refractivity contribution in [1.82, 2.24) is 10.3 Å². The van der Waals surface area contributed by atoms with Gasteiger partial charge in [0.2, 0.25) is 0 Å².